The molecule has 2 aromatic rings. The summed E-state index contributed by atoms with van der Waals surface area (Å²) >= 11 is 0. The second kappa shape index (κ2) is 6.95. The molecular weight excluding hydrogens is 238 g/mol. The van der Waals surface area contributed by atoms with Gasteiger partial charge >= 0.3 is 0 Å². The largest absolute Gasteiger partial charge is 0.493 e. The summed E-state index contributed by atoms with van der Waals surface area (Å²) in [6, 6.07) is 9.86. The maximum Gasteiger partial charge on any atom is 0.119 e. The summed E-state index contributed by atoms with van der Waals surface area (Å²) in [5, 5.41) is 0. The fraction of sp³-hybridized carbons (Fsp3) is 0.400. The van der Waals surface area contributed by atoms with Gasteiger partial charge in [0.25, 0.3) is 0 Å². The molecule has 2 N–H and O–H groups in total. The molecule has 0 fully saturated rings. The van der Waals surface area contributed by atoms with E-state index in [2.05, 4.69) is 16.5 Å². The standard InChI is InChI=1S/C15H21N3O/c1-2-18-13(8-10-16)12-17-15(18)9-11-19-14-6-4-3-5-7-14/h3-7,12H,2,8-11,16H2,1H3. The van der Waals surface area contributed by atoms with E-state index in [4.69, 9.17) is 10.5 Å². The summed E-state index contributed by atoms with van der Waals surface area (Å²) in [6.45, 7) is 4.36. The van der Waals surface area contributed by atoms with Gasteiger partial charge in [-0.25, -0.2) is 4.98 Å². The van der Waals surface area contributed by atoms with Gasteiger partial charge in [0.15, 0.2) is 0 Å². The first-order valence-electron chi connectivity index (χ1n) is 6.76. The molecule has 0 atom stereocenters. The number of hydrogen-bond donors (Lipinski definition) is 1. The Hall–Kier alpha value is -1.81. The maximum atomic E-state index is 5.70. The molecule has 2 rings (SSSR count). The topological polar surface area (TPSA) is 53.1 Å². The number of aromatic nitrogens is 2. The lowest BCUT2D eigenvalue weighted by molar-refractivity contribution is 0.316. The van der Waals surface area contributed by atoms with Crippen LogP contribution in [0.1, 0.15) is 18.4 Å². The third-order valence-electron chi connectivity index (χ3n) is 3.08. The van der Waals surface area contributed by atoms with E-state index in [1.807, 2.05) is 36.5 Å². The quantitative estimate of drug-likeness (QED) is 0.827. The van der Waals surface area contributed by atoms with Gasteiger partial charge in [0.05, 0.1) is 6.61 Å². The molecule has 4 nitrogen and oxygen atoms in total. The molecule has 0 saturated carbocycles. The van der Waals surface area contributed by atoms with Crippen molar-refractivity contribution in [2.45, 2.75) is 26.3 Å². The normalized spacial score (nSPS) is 10.6. The Morgan fingerprint density at radius 3 is 2.68 bits per heavy atom. The Kier molecular flexibility index (Phi) is 4.98. The first kappa shape index (κ1) is 13.6. The van der Waals surface area contributed by atoms with Crippen LogP contribution in [0, 0.1) is 0 Å². The van der Waals surface area contributed by atoms with Crippen LogP contribution in [0.3, 0.4) is 0 Å². The van der Waals surface area contributed by atoms with Crippen molar-refractivity contribution in [2.24, 2.45) is 5.73 Å². The van der Waals surface area contributed by atoms with Crippen LogP contribution in [-0.4, -0.2) is 22.7 Å². The van der Waals surface area contributed by atoms with Gasteiger partial charge in [-0.1, -0.05) is 18.2 Å². The van der Waals surface area contributed by atoms with E-state index in [0.29, 0.717) is 13.2 Å². The second-order valence-electron chi connectivity index (χ2n) is 4.36. The van der Waals surface area contributed by atoms with E-state index < -0.39 is 0 Å². The van der Waals surface area contributed by atoms with E-state index in [9.17, 15) is 0 Å². The summed E-state index contributed by atoms with van der Waals surface area (Å²) in [7, 11) is 0. The lowest BCUT2D eigenvalue weighted by atomic mass is 10.3. The second-order valence-corrected chi connectivity index (χ2v) is 4.36. The van der Waals surface area contributed by atoms with Crippen LogP contribution in [0.4, 0.5) is 0 Å². The average molecular weight is 259 g/mol. The monoisotopic (exact) mass is 259 g/mol. The summed E-state index contributed by atoms with van der Waals surface area (Å²) in [5.41, 5.74) is 6.81. The molecular formula is C15H21N3O. The van der Waals surface area contributed by atoms with Crippen molar-refractivity contribution in [1.82, 2.24) is 9.55 Å². The van der Waals surface area contributed by atoms with Crippen molar-refractivity contribution >= 4 is 0 Å². The number of nitrogens with two attached hydrogens (primary N) is 1. The van der Waals surface area contributed by atoms with E-state index in [1.165, 1.54) is 5.69 Å². The number of benzene rings is 1. The van der Waals surface area contributed by atoms with Crippen molar-refractivity contribution in [1.29, 1.82) is 0 Å². The van der Waals surface area contributed by atoms with Gasteiger partial charge in [-0.2, -0.15) is 0 Å². The highest BCUT2D eigenvalue weighted by Gasteiger charge is 2.07. The van der Waals surface area contributed by atoms with Crippen LogP contribution in [-0.2, 0) is 19.4 Å². The van der Waals surface area contributed by atoms with Gasteiger partial charge in [-0.3, -0.25) is 0 Å². The predicted molar refractivity (Wildman–Crippen MR) is 76.3 cm³/mol. The van der Waals surface area contributed by atoms with E-state index in [0.717, 1.165) is 31.0 Å². The summed E-state index contributed by atoms with van der Waals surface area (Å²) in [6.07, 6.45) is 3.61. The van der Waals surface area contributed by atoms with Gasteiger partial charge < -0.3 is 15.0 Å². The molecule has 0 unspecified atom stereocenters. The highest BCUT2D eigenvalue weighted by atomic mass is 16.5. The third-order valence-corrected chi connectivity index (χ3v) is 3.08. The highest BCUT2D eigenvalue weighted by molar-refractivity contribution is 5.21. The van der Waals surface area contributed by atoms with Crippen molar-refractivity contribution in [3.8, 4) is 5.75 Å². The Labute approximate surface area is 114 Å². The number of hydrogen-bond acceptors (Lipinski definition) is 3. The van der Waals surface area contributed by atoms with Crippen LogP contribution >= 0.6 is 0 Å². The van der Waals surface area contributed by atoms with Crippen molar-refractivity contribution in [3.63, 3.8) is 0 Å². The van der Waals surface area contributed by atoms with E-state index >= 15 is 0 Å². The van der Waals surface area contributed by atoms with Gasteiger partial charge in [0, 0.05) is 31.3 Å². The SMILES string of the molecule is CCn1c(CCN)cnc1CCOc1ccccc1. The molecule has 102 valence electrons. The lowest BCUT2D eigenvalue weighted by Gasteiger charge is -2.09. The Balaban J connectivity index is 1.92. The molecule has 0 aliphatic carbocycles. The maximum absolute atomic E-state index is 5.70. The number of rotatable bonds is 7. The van der Waals surface area contributed by atoms with Crippen LogP contribution in [0.5, 0.6) is 5.75 Å². The molecule has 1 aromatic heterocycles. The predicted octanol–water partition coefficient (Wildman–Crippen LogP) is 2.03. The molecule has 1 aromatic carbocycles. The molecule has 0 aliphatic heterocycles. The van der Waals surface area contributed by atoms with Crippen molar-refractivity contribution < 1.29 is 4.74 Å². The minimum absolute atomic E-state index is 0.642. The van der Waals surface area contributed by atoms with E-state index in [-0.39, 0.29) is 0 Å². The van der Waals surface area contributed by atoms with Crippen LogP contribution < -0.4 is 10.5 Å². The molecule has 19 heavy (non-hydrogen) atoms. The lowest BCUT2D eigenvalue weighted by Crippen LogP contribution is -2.12. The van der Waals surface area contributed by atoms with Crippen molar-refractivity contribution in [2.75, 3.05) is 13.2 Å². The van der Waals surface area contributed by atoms with Gasteiger partial charge in [-0.05, 0) is 25.6 Å². The van der Waals surface area contributed by atoms with Gasteiger partial charge in [-0.15, -0.1) is 0 Å². The molecule has 0 amide bonds. The van der Waals surface area contributed by atoms with E-state index in [1.54, 1.807) is 0 Å². The van der Waals surface area contributed by atoms with Crippen molar-refractivity contribution in [3.05, 3.63) is 48.0 Å². The molecule has 4 heteroatoms. The van der Waals surface area contributed by atoms with Crippen LogP contribution in [0.2, 0.25) is 0 Å². The summed E-state index contributed by atoms with van der Waals surface area (Å²) in [4.78, 5) is 4.46. The minimum atomic E-state index is 0.642. The highest BCUT2D eigenvalue weighted by Crippen LogP contribution is 2.10. The summed E-state index contributed by atoms with van der Waals surface area (Å²) < 4.78 is 7.92. The Morgan fingerprint density at radius 2 is 2.00 bits per heavy atom. The Morgan fingerprint density at radius 1 is 1.21 bits per heavy atom. The zero-order valence-electron chi connectivity index (χ0n) is 11.4. The number of ether oxygens (including phenoxy) is 1. The fourth-order valence-electron chi connectivity index (χ4n) is 2.16. The molecule has 0 saturated heterocycles. The van der Waals surface area contributed by atoms with Gasteiger partial charge in [0.1, 0.15) is 11.6 Å². The van der Waals surface area contributed by atoms with Gasteiger partial charge in [0.2, 0.25) is 0 Å². The smallest absolute Gasteiger partial charge is 0.119 e. The summed E-state index contributed by atoms with van der Waals surface area (Å²) in [5.74, 6) is 1.97. The first-order valence-corrected chi connectivity index (χ1v) is 6.76. The zero-order chi connectivity index (χ0) is 13.5. The molecule has 0 spiro atoms. The molecule has 0 aliphatic rings. The minimum Gasteiger partial charge on any atom is -0.493 e. The fourth-order valence-corrected chi connectivity index (χ4v) is 2.16. The van der Waals surface area contributed by atoms with Crippen LogP contribution in [0.25, 0.3) is 0 Å². The van der Waals surface area contributed by atoms with Crippen LogP contribution in [0.15, 0.2) is 36.5 Å². The third kappa shape index (κ3) is 3.58. The zero-order valence-corrected chi connectivity index (χ0v) is 11.4. The molecule has 0 bridgehead atoms. The number of imidazole rings is 1. The number of nitrogens with zero attached hydrogens (tertiary/aromatic N) is 2. The molecule has 1 heterocycles. The first-order chi connectivity index (χ1) is 9.35. The Bertz CT molecular complexity index is 493. The molecule has 0 radical (unpaired) electrons. The average Bonchev–Trinajstić information content (AvgIpc) is 2.83. The number of para-hydroxylation sites is 1.